The number of hydrogen-bond acceptors (Lipinski definition) is 1. The van der Waals surface area contributed by atoms with Gasteiger partial charge in [-0.15, -0.1) is 0 Å². The molecule has 0 fully saturated rings. The highest BCUT2D eigenvalue weighted by Crippen LogP contribution is 2.19. The van der Waals surface area contributed by atoms with Crippen molar-refractivity contribution >= 4 is 0 Å². The van der Waals surface area contributed by atoms with Crippen molar-refractivity contribution in [3.63, 3.8) is 0 Å². The molecule has 1 aromatic carbocycles. The van der Waals surface area contributed by atoms with E-state index in [-0.39, 0.29) is 0 Å². The Hall–Kier alpha value is -1.22. The van der Waals surface area contributed by atoms with Gasteiger partial charge < -0.3 is 5.32 Å². The highest BCUT2D eigenvalue weighted by atomic mass is 19.1. The molecule has 92 valence electrons. The SMILES string of the molecule is Fc1cc(F)cc(CNCCC2=CCCC2)c1. The summed E-state index contributed by atoms with van der Waals surface area (Å²) in [7, 11) is 0. The minimum atomic E-state index is -0.514. The second-order valence-corrected chi connectivity index (χ2v) is 4.46. The smallest absolute Gasteiger partial charge is 0.126 e. The van der Waals surface area contributed by atoms with Crippen LogP contribution in [-0.4, -0.2) is 6.54 Å². The van der Waals surface area contributed by atoms with Crippen molar-refractivity contribution in [3.05, 3.63) is 47.0 Å². The van der Waals surface area contributed by atoms with Crippen molar-refractivity contribution in [3.8, 4) is 0 Å². The van der Waals surface area contributed by atoms with Crippen LogP contribution in [0.1, 0.15) is 31.2 Å². The van der Waals surface area contributed by atoms with Crippen LogP contribution >= 0.6 is 0 Å². The standard InChI is InChI=1S/C14H17F2N/c15-13-7-12(8-14(16)9-13)10-17-6-5-11-3-1-2-4-11/h3,7-9,17H,1-2,4-6,10H2. The first-order valence-electron chi connectivity index (χ1n) is 6.07. The molecule has 0 aromatic heterocycles. The van der Waals surface area contributed by atoms with Crippen molar-refractivity contribution in [2.24, 2.45) is 0 Å². The molecule has 2 rings (SSSR count). The van der Waals surface area contributed by atoms with Crippen LogP contribution in [0.5, 0.6) is 0 Å². The fourth-order valence-electron chi connectivity index (χ4n) is 2.16. The Balaban J connectivity index is 1.74. The number of benzene rings is 1. The van der Waals surface area contributed by atoms with Gasteiger partial charge in [0.05, 0.1) is 0 Å². The molecule has 17 heavy (non-hydrogen) atoms. The fourth-order valence-corrected chi connectivity index (χ4v) is 2.16. The van der Waals surface area contributed by atoms with Crippen molar-refractivity contribution in [2.45, 2.75) is 32.2 Å². The minimum absolute atomic E-state index is 0.514. The van der Waals surface area contributed by atoms with Gasteiger partial charge in [0.1, 0.15) is 11.6 Å². The van der Waals surface area contributed by atoms with E-state index >= 15 is 0 Å². The molecule has 0 amide bonds. The number of rotatable bonds is 5. The van der Waals surface area contributed by atoms with Crippen LogP contribution in [0.4, 0.5) is 8.78 Å². The molecule has 0 heterocycles. The van der Waals surface area contributed by atoms with Gasteiger partial charge in [-0.3, -0.25) is 0 Å². The fraction of sp³-hybridized carbons (Fsp3) is 0.429. The molecule has 1 aromatic rings. The first-order chi connectivity index (χ1) is 8.24. The summed E-state index contributed by atoms with van der Waals surface area (Å²) >= 11 is 0. The molecular weight excluding hydrogens is 220 g/mol. The van der Waals surface area contributed by atoms with Gasteiger partial charge in [-0.1, -0.05) is 11.6 Å². The van der Waals surface area contributed by atoms with Crippen LogP contribution in [0.2, 0.25) is 0 Å². The molecule has 0 unspecified atom stereocenters. The Kier molecular flexibility index (Phi) is 4.26. The summed E-state index contributed by atoms with van der Waals surface area (Å²) in [4.78, 5) is 0. The monoisotopic (exact) mass is 237 g/mol. The van der Waals surface area contributed by atoms with Crippen LogP contribution in [0.15, 0.2) is 29.8 Å². The average molecular weight is 237 g/mol. The van der Waals surface area contributed by atoms with Crippen molar-refractivity contribution in [1.29, 1.82) is 0 Å². The molecule has 0 aliphatic heterocycles. The predicted octanol–water partition coefficient (Wildman–Crippen LogP) is 3.55. The second kappa shape index (κ2) is 5.92. The maximum Gasteiger partial charge on any atom is 0.126 e. The van der Waals surface area contributed by atoms with Crippen molar-refractivity contribution < 1.29 is 8.78 Å². The van der Waals surface area contributed by atoms with Gasteiger partial charge in [0.15, 0.2) is 0 Å². The Morgan fingerprint density at radius 1 is 1.12 bits per heavy atom. The Bertz CT molecular complexity index is 392. The molecule has 0 saturated carbocycles. The quantitative estimate of drug-likeness (QED) is 0.610. The summed E-state index contributed by atoms with van der Waals surface area (Å²) < 4.78 is 25.8. The van der Waals surface area contributed by atoms with E-state index in [1.807, 2.05) is 0 Å². The molecule has 1 N–H and O–H groups in total. The van der Waals surface area contributed by atoms with Crippen molar-refractivity contribution in [2.75, 3.05) is 6.54 Å². The van der Waals surface area contributed by atoms with Gasteiger partial charge in [0, 0.05) is 12.6 Å². The molecule has 0 bridgehead atoms. The van der Waals surface area contributed by atoms with E-state index in [2.05, 4.69) is 11.4 Å². The van der Waals surface area contributed by atoms with Crippen LogP contribution in [-0.2, 0) is 6.54 Å². The van der Waals surface area contributed by atoms with Crippen LogP contribution < -0.4 is 5.32 Å². The van der Waals surface area contributed by atoms with Gasteiger partial charge in [-0.2, -0.15) is 0 Å². The third-order valence-electron chi connectivity index (χ3n) is 3.01. The first kappa shape index (κ1) is 12.2. The Labute approximate surface area is 101 Å². The number of allylic oxidation sites excluding steroid dienone is 1. The molecule has 1 aliphatic rings. The average Bonchev–Trinajstić information content (AvgIpc) is 2.76. The number of halogens is 2. The lowest BCUT2D eigenvalue weighted by Gasteiger charge is -2.06. The van der Waals surface area contributed by atoms with Crippen LogP contribution in [0.3, 0.4) is 0 Å². The van der Waals surface area contributed by atoms with E-state index < -0.39 is 11.6 Å². The normalized spacial score (nSPS) is 15.1. The maximum absolute atomic E-state index is 12.9. The molecule has 1 aliphatic carbocycles. The number of nitrogens with one attached hydrogen (secondary N) is 1. The van der Waals surface area contributed by atoms with Gasteiger partial charge >= 0.3 is 0 Å². The van der Waals surface area contributed by atoms with E-state index in [4.69, 9.17) is 0 Å². The molecule has 0 saturated heterocycles. The highest BCUT2D eigenvalue weighted by molar-refractivity contribution is 5.17. The van der Waals surface area contributed by atoms with Crippen molar-refractivity contribution in [1.82, 2.24) is 5.32 Å². The second-order valence-electron chi connectivity index (χ2n) is 4.46. The largest absolute Gasteiger partial charge is 0.312 e. The van der Waals surface area contributed by atoms with E-state index in [0.717, 1.165) is 19.0 Å². The van der Waals surface area contributed by atoms with Gasteiger partial charge in [0.2, 0.25) is 0 Å². The summed E-state index contributed by atoms with van der Waals surface area (Å²) in [5, 5.41) is 3.21. The summed E-state index contributed by atoms with van der Waals surface area (Å²) in [5.41, 5.74) is 2.16. The number of hydrogen-bond donors (Lipinski definition) is 1. The Morgan fingerprint density at radius 3 is 2.53 bits per heavy atom. The van der Waals surface area contributed by atoms with E-state index in [0.29, 0.717) is 12.1 Å². The van der Waals surface area contributed by atoms with E-state index in [1.54, 1.807) is 0 Å². The topological polar surface area (TPSA) is 12.0 Å². The van der Waals surface area contributed by atoms with Gasteiger partial charge in [-0.05, 0) is 49.9 Å². The summed E-state index contributed by atoms with van der Waals surface area (Å²) in [6.07, 6.45) is 7.01. The summed E-state index contributed by atoms with van der Waals surface area (Å²) in [6.45, 7) is 1.38. The lowest BCUT2D eigenvalue weighted by Crippen LogP contribution is -2.15. The van der Waals surface area contributed by atoms with E-state index in [9.17, 15) is 8.78 Å². The van der Waals surface area contributed by atoms with Crippen LogP contribution in [0.25, 0.3) is 0 Å². The minimum Gasteiger partial charge on any atom is -0.312 e. The molecule has 0 spiro atoms. The Morgan fingerprint density at radius 2 is 1.88 bits per heavy atom. The maximum atomic E-state index is 12.9. The zero-order valence-corrected chi connectivity index (χ0v) is 9.81. The molecule has 3 heteroatoms. The zero-order chi connectivity index (χ0) is 12.1. The molecule has 0 radical (unpaired) electrons. The van der Waals surface area contributed by atoms with Crippen LogP contribution in [0, 0.1) is 11.6 Å². The first-order valence-corrected chi connectivity index (χ1v) is 6.07. The lowest BCUT2D eigenvalue weighted by molar-refractivity contribution is 0.575. The van der Waals surface area contributed by atoms with E-state index in [1.165, 1.54) is 37.0 Å². The predicted molar refractivity (Wildman–Crippen MR) is 64.6 cm³/mol. The molecule has 0 atom stereocenters. The van der Waals surface area contributed by atoms with Gasteiger partial charge in [-0.25, -0.2) is 8.78 Å². The summed E-state index contributed by atoms with van der Waals surface area (Å²) in [6, 6.07) is 3.63. The molecular formula is C14H17F2N. The lowest BCUT2D eigenvalue weighted by atomic mass is 10.1. The van der Waals surface area contributed by atoms with Gasteiger partial charge in [0.25, 0.3) is 0 Å². The summed E-state index contributed by atoms with van der Waals surface area (Å²) in [5.74, 6) is -1.03. The third kappa shape index (κ3) is 3.93. The third-order valence-corrected chi connectivity index (χ3v) is 3.01. The zero-order valence-electron chi connectivity index (χ0n) is 9.81. The molecule has 1 nitrogen and oxygen atoms in total. The highest BCUT2D eigenvalue weighted by Gasteiger charge is 2.04.